The molecule has 4 nitrogen and oxygen atoms in total. The molecule has 0 amide bonds. The zero-order chi connectivity index (χ0) is 13.2. The highest BCUT2D eigenvalue weighted by molar-refractivity contribution is 5.10. The predicted octanol–water partition coefficient (Wildman–Crippen LogP) is 0.968. The highest BCUT2D eigenvalue weighted by Crippen LogP contribution is 2.24. The highest BCUT2D eigenvalue weighted by atomic mass is 16.3. The molecule has 0 aliphatic carbocycles. The number of aromatic nitrogens is 1. The van der Waals surface area contributed by atoms with Gasteiger partial charge in [0.2, 0.25) is 0 Å². The second-order valence-electron chi connectivity index (χ2n) is 5.79. The summed E-state index contributed by atoms with van der Waals surface area (Å²) in [5, 5.41) is 9.55. The zero-order valence-electron chi connectivity index (χ0n) is 11.5. The van der Waals surface area contributed by atoms with Crippen LogP contribution < -0.4 is 0 Å². The van der Waals surface area contributed by atoms with Gasteiger partial charge < -0.3 is 5.11 Å². The molecule has 0 saturated carbocycles. The summed E-state index contributed by atoms with van der Waals surface area (Å²) in [6, 6.07) is 4.30. The Bertz CT molecular complexity index is 380. The number of nitrogens with zero attached hydrogens (tertiary/aromatic N) is 3. The van der Waals surface area contributed by atoms with Crippen LogP contribution >= 0.6 is 0 Å². The Morgan fingerprint density at radius 1 is 1.39 bits per heavy atom. The maximum Gasteiger partial charge on any atom is 0.0599 e. The maximum atomic E-state index is 9.55. The van der Waals surface area contributed by atoms with Gasteiger partial charge in [-0.1, -0.05) is 0 Å². The van der Waals surface area contributed by atoms with Crippen molar-refractivity contribution in [1.29, 1.82) is 0 Å². The van der Waals surface area contributed by atoms with E-state index in [4.69, 9.17) is 0 Å². The fourth-order valence-electron chi connectivity index (χ4n) is 2.51. The molecule has 1 atom stereocenters. The number of hydrogen-bond donors (Lipinski definition) is 1. The van der Waals surface area contributed by atoms with Crippen molar-refractivity contribution < 1.29 is 5.11 Å². The molecule has 2 heterocycles. The third-order valence-electron chi connectivity index (χ3n) is 3.97. The molecule has 0 radical (unpaired) electrons. The van der Waals surface area contributed by atoms with Gasteiger partial charge in [-0.3, -0.25) is 14.8 Å². The van der Waals surface area contributed by atoms with E-state index in [9.17, 15) is 5.11 Å². The fraction of sp³-hybridized carbons (Fsp3) is 0.643. The van der Waals surface area contributed by atoms with Crippen LogP contribution in [0, 0.1) is 0 Å². The van der Waals surface area contributed by atoms with Gasteiger partial charge in [0.25, 0.3) is 0 Å². The lowest BCUT2D eigenvalue weighted by molar-refractivity contribution is -0.0248. The van der Waals surface area contributed by atoms with Crippen molar-refractivity contribution in [2.75, 3.05) is 26.7 Å². The van der Waals surface area contributed by atoms with Crippen LogP contribution in [0.4, 0.5) is 0 Å². The van der Waals surface area contributed by atoms with Crippen LogP contribution in [0.15, 0.2) is 24.5 Å². The summed E-state index contributed by atoms with van der Waals surface area (Å²) in [5.74, 6) is 0. The molecule has 100 valence electrons. The molecule has 1 unspecified atom stereocenters. The fourth-order valence-corrected chi connectivity index (χ4v) is 2.51. The first kappa shape index (κ1) is 13.5. The summed E-state index contributed by atoms with van der Waals surface area (Å²) in [4.78, 5) is 8.74. The smallest absolute Gasteiger partial charge is 0.0599 e. The minimum absolute atomic E-state index is 0.151. The number of pyridine rings is 1. The quantitative estimate of drug-likeness (QED) is 0.866. The van der Waals surface area contributed by atoms with E-state index in [1.54, 1.807) is 0 Å². The van der Waals surface area contributed by atoms with Gasteiger partial charge >= 0.3 is 0 Å². The number of aliphatic hydroxyl groups is 1. The van der Waals surface area contributed by atoms with Crippen molar-refractivity contribution >= 4 is 0 Å². The topological polar surface area (TPSA) is 39.6 Å². The number of piperazine rings is 1. The standard InChI is InChI=1S/C14H23N3O/c1-14(2)11-17(13(10-18)9-16(14)3)8-12-4-6-15-7-5-12/h4-7,13,18H,8-11H2,1-3H3. The number of aliphatic hydroxyl groups excluding tert-OH is 1. The van der Waals surface area contributed by atoms with Crippen molar-refractivity contribution in [2.45, 2.75) is 32.0 Å². The van der Waals surface area contributed by atoms with E-state index in [1.165, 1.54) is 5.56 Å². The molecule has 0 aromatic carbocycles. The SMILES string of the molecule is CN1CC(CO)N(Cc2ccncc2)CC1(C)C. The van der Waals surface area contributed by atoms with E-state index >= 15 is 0 Å². The summed E-state index contributed by atoms with van der Waals surface area (Å²) < 4.78 is 0. The molecule has 0 bridgehead atoms. The molecule has 1 aromatic heterocycles. The summed E-state index contributed by atoms with van der Waals surface area (Å²) in [5.41, 5.74) is 1.41. The lowest BCUT2D eigenvalue weighted by Crippen LogP contribution is -2.62. The molecular formula is C14H23N3O. The first-order valence-corrected chi connectivity index (χ1v) is 6.48. The Balaban J connectivity index is 2.10. The van der Waals surface area contributed by atoms with Crippen LogP contribution in [0.2, 0.25) is 0 Å². The second kappa shape index (κ2) is 5.34. The molecule has 1 fully saturated rings. The summed E-state index contributed by atoms with van der Waals surface area (Å²) >= 11 is 0. The molecular weight excluding hydrogens is 226 g/mol. The molecule has 1 saturated heterocycles. The third kappa shape index (κ3) is 2.88. The van der Waals surface area contributed by atoms with Crippen molar-refractivity contribution in [3.8, 4) is 0 Å². The van der Waals surface area contributed by atoms with E-state index in [1.807, 2.05) is 24.5 Å². The van der Waals surface area contributed by atoms with E-state index in [2.05, 4.69) is 35.7 Å². The van der Waals surface area contributed by atoms with E-state index in [0.717, 1.165) is 19.6 Å². The van der Waals surface area contributed by atoms with Crippen LogP contribution in [0.25, 0.3) is 0 Å². The van der Waals surface area contributed by atoms with Gasteiger partial charge in [-0.2, -0.15) is 0 Å². The van der Waals surface area contributed by atoms with Crippen LogP contribution in [0.3, 0.4) is 0 Å². The highest BCUT2D eigenvalue weighted by Gasteiger charge is 2.36. The summed E-state index contributed by atoms with van der Waals surface area (Å²) in [6.07, 6.45) is 3.65. The molecule has 1 aliphatic heterocycles. The average molecular weight is 249 g/mol. The summed E-state index contributed by atoms with van der Waals surface area (Å²) in [6.45, 7) is 7.47. The van der Waals surface area contributed by atoms with E-state index in [0.29, 0.717) is 0 Å². The monoisotopic (exact) mass is 249 g/mol. The minimum Gasteiger partial charge on any atom is -0.395 e. The van der Waals surface area contributed by atoms with Gasteiger partial charge in [0.15, 0.2) is 0 Å². The van der Waals surface area contributed by atoms with Gasteiger partial charge in [-0.15, -0.1) is 0 Å². The van der Waals surface area contributed by atoms with Gasteiger partial charge in [0.05, 0.1) is 6.61 Å². The molecule has 0 spiro atoms. The van der Waals surface area contributed by atoms with Crippen molar-refractivity contribution in [3.05, 3.63) is 30.1 Å². The maximum absolute atomic E-state index is 9.55. The Morgan fingerprint density at radius 3 is 2.67 bits per heavy atom. The van der Waals surface area contributed by atoms with Crippen molar-refractivity contribution in [2.24, 2.45) is 0 Å². The Kier molecular flexibility index (Phi) is 4.00. The first-order chi connectivity index (χ1) is 8.53. The molecule has 18 heavy (non-hydrogen) atoms. The van der Waals surface area contributed by atoms with Crippen LogP contribution in [0.5, 0.6) is 0 Å². The molecule has 1 aliphatic rings. The van der Waals surface area contributed by atoms with Gasteiger partial charge in [-0.05, 0) is 38.6 Å². The number of hydrogen-bond acceptors (Lipinski definition) is 4. The van der Waals surface area contributed by atoms with Gasteiger partial charge in [0, 0.05) is 43.6 Å². The largest absolute Gasteiger partial charge is 0.395 e. The third-order valence-corrected chi connectivity index (χ3v) is 3.97. The second-order valence-corrected chi connectivity index (χ2v) is 5.79. The first-order valence-electron chi connectivity index (χ1n) is 6.48. The molecule has 4 heteroatoms. The van der Waals surface area contributed by atoms with Gasteiger partial charge in [-0.25, -0.2) is 0 Å². The molecule has 2 rings (SSSR count). The average Bonchev–Trinajstić information content (AvgIpc) is 2.34. The van der Waals surface area contributed by atoms with E-state index in [-0.39, 0.29) is 18.2 Å². The van der Waals surface area contributed by atoms with E-state index < -0.39 is 0 Å². The zero-order valence-corrected chi connectivity index (χ0v) is 11.5. The molecule has 1 aromatic rings. The van der Waals surface area contributed by atoms with Crippen molar-refractivity contribution in [1.82, 2.24) is 14.8 Å². The van der Waals surface area contributed by atoms with Crippen LogP contribution in [0.1, 0.15) is 19.4 Å². The van der Waals surface area contributed by atoms with Crippen LogP contribution in [-0.4, -0.2) is 58.2 Å². The lowest BCUT2D eigenvalue weighted by atomic mass is 9.96. The number of likely N-dealkylation sites (N-methyl/N-ethyl adjacent to an activating group) is 1. The van der Waals surface area contributed by atoms with Crippen LogP contribution in [-0.2, 0) is 6.54 Å². The Hall–Kier alpha value is -0.970. The normalized spacial score (nSPS) is 25.2. The Labute approximate surface area is 109 Å². The molecule has 1 N–H and O–H groups in total. The minimum atomic E-state index is 0.151. The van der Waals surface area contributed by atoms with Crippen molar-refractivity contribution in [3.63, 3.8) is 0 Å². The lowest BCUT2D eigenvalue weighted by Gasteiger charge is -2.49. The Morgan fingerprint density at radius 2 is 2.06 bits per heavy atom. The predicted molar refractivity (Wildman–Crippen MR) is 72.2 cm³/mol. The van der Waals surface area contributed by atoms with Gasteiger partial charge in [0.1, 0.15) is 0 Å². The number of rotatable bonds is 3. The summed E-state index contributed by atoms with van der Waals surface area (Å²) in [7, 11) is 2.13.